The van der Waals surface area contributed by atoms with E-state index in [1.165, 1.54) is 50.6 Å². The zero-order chi connectivity index (χ0) is 12.3. The molecule has 98 valence electrons. The quantitative estimate of drug-likeness (QED) is 0.755. The van der Waals surface area contributed by atoms with Crippen LogP contribution in [0.2, 0.25) is 0 Å². The Kier molecular flexibility index (Phi) is 4.63. The lowest BCUT2D eigenvalue weighted by Gasteiger charge is -2.41. The Morgan fingerprint density at radius 3 is 2.76 bits per heavy atom. The van der Waals surface area contributed by atoms with E-state index in [9.17, 15) is 0 Å². The van der Waals surface area contributed by atoms with Crippen LogP contribution in [0.4, 0.5) is 0 Å². The topological polar surface area (TPSA) is 15.3 Å². The minimum atomic E-state index is 0.707. The minimum absolute atomic E-state index is 0.707. The second-order valence-corrected chi connectivity index (χ2v) is 6.25. The van der Waals surface area contributed by atoms with Gasteiger partial charge in [-0.25, -0.2) is 0 Å². The number of likely N-dealkylation sites (N-methyl/N-ethyl adjacent to an activating group) is 1. The summed E-state index contributed by atoms with van der Waals surface area (Å²) in [5.74, 6) is 0.978. The van der Waals surface area contributed by atoms with E-state index in [1.807, 2.05) is 0 Å². The third-order valence-electron chi connectivity index (χ3n) is 4.32. The van der Waals surface area contributed by atoms with Crippen molar-refractivity contribution in [3.8, 4) is 0 Å². The predicted octanol–water partition coefficient (Wildman–Crippen LogP) is 2.81. The first-order chi connectivity index (χ1) is 8.15. The fraction of sp³-hybridized carbons (Fsp3) is 0.867. The molecule has 3 unspecified atom stereocenters. The van der Waals surface area contributed by atoms with Crippen LogP contribution in [0.15, 0.2) is 12.2 Å². The van der Waals surface area contributed by atoms with Crippen molar-refractivity contribution in [1.82, 2.24) is 10.2 Å². The van der Waals surface area contributed by atoms with Crippen LogP contribution >= 0.6 is 0 Å². The van der Waals surface area contributed by atoms with Crippen molar-refractivity contribution in [2.75, 3.05) is 20.1 Å². The molecule has 0 aromatic heterocycles. The van der Waals surface area contributed by atoms with Gasteiger partial charge in [0.25, 0.3) is 0 Å². The Morgan fingerprint density at radius 2 is 2.00 bits per heavy atom. The smallest absolute Gasteiger partial charge is 0.0197 e. The number of piperidine rings is 1. The third-order valence-corrected chi connectivity index (χ3v) is 4.32. The number of nitrogens with zero attached hydrogens (tertiary/aromatic N) is 1. The van der Waals surface area contributed by atoms with Gasteiger partial charge in [-0.15, -0.1) is 0 Å². The van der Waals surface area contributed by atoms with Gasteiger partial charge in [-0.1, -0.05) is 25.0 Å². The van der Waals surface area contributed by atoms with Gasteiger partial charge >= 0.3 is 0 Å². The fourth-order valence-corrected chi connectivity index (χ4v) is 3.62. The van der Waals surface area contributed by atoms with Crippen molar-refractivity contribution in [1.29, 1.82) is 0 Å². The molecule has 1 aliphatic heterocycles. The SMILES string of the molecule is C=C(C)CN(C)CC1CCC2CCCCC2N1. The average Bonchev–Trinajstić information content (AvgIpc) is 2.27. The predicted molar refractivity (Wildman–Crippen MR) is 74.2 cm³/mol. The van der Waals surface area contributed by atoms with Gasteiger partial charge in [-0.2, -0.15) is 0 Å². The van der Waals surface area contributed by atoms with E-state index in [2.05, 4.69) is 30.8 Å². The second kappa shape index (κ2) is 6.01. The van der Waals surface area contributed by atoms with Crippen LogP contribution in [0, 0.1) is 5.92 Å². The Bertz CT molecular complexity index is 262. The van der Waals surface area contributed by atoms with Crippen LogP contribution in [0.3, 0.4) is 0 Å². The minimum Gasteiger partial charge on any atom is -0.310 e. The van der Waals surface area contributed by atoms with Gasteiger partial charge in [-0.3, -0.25) is 0 Å². The van der Waals surface area contributed by atoms with Crippen molar-refractivity contribution in [2.45, 2.75) is 57.5 Å². The first-order valence-corrected chi connectivity index (χ1v) is 7.24. The molecule has 17 heavy (non-hydrogen) atoms. The zero-order valence-corrected chi connectivity index (χ0v) is 11.5. The highest BCUT2D eigenvalue weighted by atomic mass is 15.1. The van der Waals surface area contributed by atoms with Crippen LogP contribution < -0.4 is 5.32 Å². The maximum Gasteiger partial charge on any atom is 0.0197 e. The molecular formula is C15H28N2. The molecule has 2 fully saturated rings. The van der Waals surface area contributed by atoms with Gasteiger partial charge in [-0.05, 0) is 45.6 Å². The lowest BCUT2D eigenvalue weighted by molar-refractivity contribution is 0.155. The van der Waals surface area contributed by atoms with Crippen molar-refractivity contribution in [3.63, 3.8) is 0 Å². The van der Waals surface area contributed by atoms with Gasteiger partial charge in [0.15, 0.2) is 0 Å². The molecule has 2 nitrogen and oxygen atoms in total. The van der Waals surface area contributed by atoms with E-state index >= 15 is 0 Å². The van der Waals surface area contributed by atoms with Gasteiger partial charge in [0.05, 0.1) is 0 Å². The van der Waals surface area contributed by atoms with Crippen LogP contribution in [0.25, 0.3) is 0 Å². The molecule has 0 aromatic carbocycles. The molecule has 1 saturated heterocycles. The Balaban J connectivity index is 1.77. The van der Waals surface area contributed by atoms with E-state index in [0.717, 1.165) is 18.5 Å². The molecule has 1 saturated carbocycles. The third kappa shape index (κ3) is 3.82. The standard InChI is InChI=1S/C15H28N2/c1-12(2)10-17(3)11-14-9-8-13-6-4-5-7-15(13)16-14/h13-16H,1,4-11H2,2-3H3. The van der Waals surface area contributed by atoms with E-state index in [0.29, 0.717) is 6.04 Å². The maximum atomic E-state index is 3.99. The highest BCUT2D eigenvalue weighted by molar-refractivity contribution is 4.94. The van der Waals surface area contributed by atoms with Crippen molar-refractivity contribution in [2.24, 2.45) is 5.92 Å². The molecule has 0 radical (unpaired) electrons. The molecule has 1 heterocycles. The van der Waals surface area contributed by atoms with E-state index in [-0.39, 0.29) is 0 Å². The van der Waals surface area contributed by atoms with E-state index < -0.39 is 0 Å². The summed E-state index contributed by atoms with van der Waals surface area (Å²) in [6, 6.07) is 1.53. The fourth-order valence-electron chi connectivity index (χ4n) is 3.62. The summed E-state index contributed by atoms with van der Waals surface area (Å²) < 4.78 is 0. The van der Waals surface area contributed by atoms with Crippen molar-refractivity contribution in [3.05, 3.63) is 12.2 Å². The van der Waals surface area contributed by atoms with Gasteiger partial charge < -0.3 is 10.2 Å². The molecule has 2 heteroatoms. The molecule has 0 spiro atoms. The van der Waals surface area contributed by atoms with Crippen LogP contribution in [0.1, 0.15) is 45.4 Å². The Labute approximate surface area is 106 Å². The average molecular weight is 236 g/mol. The van der Waals surface area contributed by atoms with Gasteiger partial charge in [0.2, 0.25) is 0 Å². The summed E-state index contributed by atoms with van der Waals surface area (Å²) in [4.78, 5) is 2.41. The normalized spacial score (nSPS) is 33.5. The number of hydrogen-bond donors (Lipinski definition) is 1. The van der Waals surface area contributed by atoms with Crippen molar-refractivity contribution >= 4 is 0 Å². The van der Waals surface area contributed by atoms with E-state index in [1.54, 1.807) is 0 Å². The summed E-state index contributed by atoms with van der Waals surface area (Å²) in [6.45, 7) is 8.32. The number of fused-ring (bicyclic) bond motifs is 1. The van der Waals surface area contributed by atoms with Crippen molar-refractivity contribution < 1.29 is 0 Å². The molecule has 0 aromatic rings. The molecule has 1 aliphatic carbocycles. The van der Waals surface area contributed by atoms with Crippen LogP contribution in [-0.2, 0) is 0 Å². The molecule has 3 atom stereocenters. The monoisotopic (exact) mass is 236 g/mol. The summed E-state index contributed by atoms with van der Waals surface area (Å²) in [5, 5.41) is 3.89. The second-order valence-electron chi connectivity index (χ2n) is 6.25. The first kappa shape index (κ1) is 13.1. The first-order valence-electron chi connectivity index (χ1n) is 7.24. The number of nitrogens with one attached hydrogen (secondary N) is 1. The number of rotatable bonds is 4. The molecular weight excluding hydrogens is 208 g/mol. The van der Waals surface area contributed by atoms with Crippen LogP contribution in [-0.4, -0.2) is 37.1 Å². The Hall–Kier alpha value is -0.340. The number of hydrogen-bond acceptors (Lipinski definition) is 2. The lowest BCUT2D eigenvalue weighted by Crippen LogP contribution is -2.52. The summed E-state index contributed by atoms with van der Waals surface area (Å²) >= 11 is 0. The molecule has 1 N–H and O–H groups in total. The van der Waals surface area contributed by atoms with E-state index in [4.69, 9.17) is 0 Å². The summed E-state index contributed by atoms with van der Waals surface area (Å²) in [7, 11) is 2.21. The molecule has 2 aliphatic rings. The largest absolute Gasteiger partial charge is 0.310 e. The highest BCUT2D eigenvalue weighted by Crippen LogP contribution is 2.32. The summed E-state index contributed by atoms with van der Waals surface area (Å²) in [5.41, 5.74) is 1.26. The molecule has 0 bridgehead atoms. The molecule has 2 rings (SSSR count). The lowest BCUT2D eigenvalue weighted by atomic mass is 9.78. The highest BCUT2D eigenvalue weighted by Gasteiger charge is 2.31. The van der Waals surface area contributed by atoms with Gasteiger partial charge in [0, 0.05) is 25.2 Å². The summed E-state index contributed by atoms with van der Waals surface area (Å²) in [6.07, 6.45) is 8.58. The maximum absolute atomic E-state index is 3.99. The van der Waals surface area contributed by atoms with Gasteiger partial charge in [0.1, 0.15) is 0 Å². The molecule has 0 amide bonds. The van der Waals surface area contributed by atoms with Crippen LogP contribution in [0.5, 0.6) is 0 Å². The zero-order valence-electron chi connectivity index (χ0n) is 11.5. The Morgan fingerprint density at radius 1 is 1.24 bits per heavy atom.